The Hall–Kier alpha value is -1.65. The van der Waals surface area contributed by atoms with Crippen LogP contribution in [0.25, 0.3) is 0 Å². The summed E-state index contributed by atoms with van der Waals surface area (Å²) in [6, 6.07) is 14.5. The van der Waals surface area contributed by atoms with Gasteiger partial charge >= 0.3 is 0 Å². The molecule has 2 aromatic carbocycles. The van der Waals surface area contributed by atoms with E-state index in [9.17, 15) is 8.42 Å². The Labute approximate surface area is 106 Å². The van der Waals surface area contributed by atoms with Crippen LogP contribution in [0.3, 0.4) is 0 Å². The summed E-state index contributed by atoms with van der Waals surface area (Å²) in [7, 11) is -3.33. The molecule has 0 radical (unpaired) electrons. The van der Waals surface area contributed by atoms with Crippen molar-refractivity contribution in [3.63, 3.8) is 0 Å². The van der Waals surface area contributed by atoms with Crippen LogP contribution in [0, 0.1) is 0 Å². The molecule has 3 nitrogen and oxygen atoms in total. The molecule has 18 heavy (non-hydrogen) atoms. The Morgan fingerprint density at radius 2 is 1.22 bits per heavy atom. The van der Waals surface area contributed by atoms with Crippen LogP contribution < -0.4 is 0 Å². The molecule has 1 heterocycles. The summed E-state index contributed by atoms with van der Waals surface area (Å²) in [6.45, 7) is 2.05. The molecule has 0 aliphatic carbocycles. The maximum Gasteiger partial charge on any atom is 0.207 e. The fourth-order valence-electron chi connectivity index (χ4n) is 2.45. The predicted molar refractivity (Wildman–Crippen MR) is 69.5 cm³/mol. The molecule has 0 aromatic heterocycles. The lowest BCUT2D eigenvalue weighted by molar-refractivity contribution is 0.588. The van der Waals surface area contributed by atoms with Crippen molar-refractivity contribution in [1.29, 1.82) is 0 Å². The van der Waals surface area contributed by atoms with E-state index < -0.39 is 9.84 Å². The van der Waals surface area contributed by atoms with Crippen LogP contribution in [0.4, 0.5) is 0 Å². The van der Waals surface area contributed by atoms with E-state index in [1.807, 2.05) is 31.2 Å². The molecule has 0 unspecified atom stereocenters. The van der Waals surface area contributed by atoms with E-state index in [2.05, 4.69) is 0 Å². The minimum atomic E-state index is -3.33. The normalized spacial score (nSPS) is 16.3. The van der Waals surface area contributed by atoms with E-state index in [0.717, 1.165) is 11.1 Å². The quantitative estimate of drug-likeness (QED) is 0.730. The molecular weight excluding hydrogens is 248 g/mol. The van der Waals surface area contributed by atoms with Gasteiger partial charge in [0.1, 0.15) is 0 Å². The van der Waals surface area contributed by atoms with Gasteiger partial charge in [0.05, 0.1) is 9.79 Å². The van der Waals surface area contributed by atoms with E-state index in [0.29, 0.717) is 9.79 Å². The first-order valence-corrected chi connectivity index (χ1v) is 7.03. The van der Waals surface area contributed by atoms with Crippen molar-refractivity contribution >= 4 is 9.84 Å². The largest absolute Gasteiger partial charge is 0.412 e. The molecule has 0 saturated heterocycles. The standard InChI is InChI=1S/C14H12O2S.H2O/c1-10-11-6-2-4-8-13(11)17(15,16)14-9-5-3-7-12(10)14;/h2-10H,1H3;1H2. The van der Waals surface area contributed by atoms with E-state index in [1.54, 1.807) is 24.3 Å². The average Bonchev–Trinajstić information content (AvgIpc) is 2.37. The average molecular weight is 262 g/mol. The molecule has 0 atom stereocenters. The summed E-state index contributed by atoms with van der Waals surface area (Å²) in [4.78, 5) is 0.900. The molecule has 2 aromatic rings. The van der Waals surface area contributed by atoms with E-state index >= 15 is 0 Å². The first-order chi connectivity index (χ1) is 8.12. The predicted octanol–water partition coefficient (Wildman–Crippen LogP) is 2.16. The van der Waals surface area contributed by atoms with Crippen LogP contribution in [0.2, 0.25) is 0 Å². The number of hydrogen-bond donors (Lipinski definition) is 0. The van der Waals surface area contributed by atoms with Crippen LogP contribution in [0.15, 0.2) is 58.3 Å². The zero-order chi connectivity index (χ0) is 12.0. The van der Waals surface area contributed by atoms with Gasteiger partial charge in [-0.1, -0.05) is 43.3 Å². The van der Waals surface area contributed by atoms with Crippen molar-refractivity contribution in [3.05, 3.63) is 59.7 Å². The molecule has 0 amide bonds. The van der Waals surface area contributed by atoms with E-state index in [-0.39, 0.29) is 11.4 Å². The highest BCUT2D eigenvalue weighted by Gasteiger charge is 2.32. The Balaban J connectivity index is 0.00000120. The van der Waals surface area contributed by atoms with Gasteiger partial charge in [-0.25, -0.2) is 8.42 Å². The second-order valence-electron chi connectivity index (χ2n) is 4.30. The lowest BCUT2D eigenvalue weighted by Gasteiger charge is -2.25. The second kappa shape index (κ2) is 4.23. The van der Waals surface area contributed by atoms with Gasteiger partial charge in [0.15, 0.2) is 0 Å². The first-order valence-electron chi connectivity index (χ1n) is 5.55. The Bertz CT molecular complexity index is 636. The van der Waals surface area contributed by atoms with Crippen molar-refractivity contribution in [1.82, 2.24) is 0 Å². The van der Waals surface area contributed by atoms with Crippen molar-refractivity contribution < 1.29 is 13.9 Å². The molecule has 4 heteroatoms. The molecule has 1 aliphatic heterocycles. The number of rotatable bonds is 0. The van der Waals surface area contributed by atoms with Gasteiger partial charge in [0, 0.05) is 5.92 Å². The van der Waals surface area contributed by atoms with Crippen LogP contribution in [0.5, 0.6) is 0 Å². The molecule has 1 aliphatic rings. The molecule has 0 fully saturated rings. The minimum Gasteiger partial charge on any atom is -0.412 e. The number of fused-ring (bicyclic) bond motifs is 2. The van der Waals surface area contributed by atoms with Gasteiger partial charge in [0.2, 0.25) is 9.84 Å². The fourth-order valence-corrected chi connectivity index (χ4v) is 4.31. The SMILES string of the molecule is CC1c2ccccc2S(=O)(=O)c2ccccc21.O. The fraction of sp³-hybridized carbons (Fsp3) is 0.143. The van der Waals surface area contributed by atoms with E-state index in [4.69, 9.17) is 0 Å². The highest BCUT2D eigenvalue weighted by atomic mass is 32.2. The third-order valence-electron chi connectivity index (χ3n) is 3.35. The third kappa shape index (κ3) is 1.57. The Morgan fingerprint density at radius 1 is 0.833 bits per heavy atom. The molecule has 0 saturated carbocycles. The van der Waals surface area contributed by atoms with Gasteiger partial charge < -0.3 is 5.48 Å². The minimum absolute atomic E-state index is 0. The third-order valence-corrected chi connectivity index (χ3v) is 5.25. The van der Waals surface area contributed by atoms with Gasteiger partial charge in [0.25, 0.3) is 0 Å². The maximum atomic E-state index is 12.4. The zero-order valence-electron chi connectivity index (χ0n) is 9.92. The molecule has 0 spiro atoms. The van der Waals surface area contributed by atoms with Crippen molar-refractivity contribution in [3.8, 4) is 0 Å². The molecule has 94 valence electrons. The van der Waals surface area contributed by atoms with Gasteiger partial charge in [-0.15, -0.1) is 0 Å². The zero-order valence-corrected chi connectivity index (χ0v) is 10.7. The summed E-state index contributed by atoms with van der Waals surface area (Å²) < 4.78 is 24.9. The smallest absolute Gasteiger partial charge is 0.207 e. The van der Waals surface area contributed by atoms with Crippen LogP contribution in [0.1, 0.15) is 24.0 Å². The summed E-state index contributed by atoms with van der Waals surface area (Å²) >= 11 is 0. The topological polar surface area (TPSA) is 65.6 Å². The van der Waals surface area contributed by atoms with Gasteiger partial charge in [-0.05, 0) is 23.3 Å². The monoisotopic (exact) mass is 262 g/mol. The molecule has 3 rings (SSSR count). The van der Waals surface area contributed by atoms with Crippen molar-refractivity contribution in [2.45, 2.75) is 22.6 Å². The lowest BCUT2D eigenvalue weighted by Crippen LogP contribution is -2.17. The van der Waals surface area contributed by atoms with E-state index in [1.165, 1.54) is 0 Å². The van der Waals surface area contributed by atoms with Crippen LogP contribution >= 0.6 is 0 Å². The number of benzene rings is 2. The number of sulfone groups is 1. The second-order valence-corrected chi connectivity index (χ2v) is 6.19. The Morgan fingerprint density at radius 3 is 1.67 bits per heavy atom. The summed E-state index contributed by atoms with van der Waals surface area (Å²) in [5.41, 5.74) is 1.79. The van der Waals surface area contributed by atoms with Gasteiger partial charge in [-0.2, -0.15) is 0 Å². The van der Waals surface area contributed by atoms with Crippen molar-refractivity contribution in [2.24, 2.45) is 0 Å². The highest BCUT2D eigenvalue weighted by Crippen LogP contribution is 2.40. The highest BCUT2D eigenvalue weighted by molar-refractivity contribution is 7.91. The first kappa shape index (κ1) is 12.8. The maximum absolute atomic E-state index is 12.4. The Kier molecular flexibility index (Phi) is 3.00. The summed E-state index contributed by atoms with van der Waals surface area (Å²) in [5, 5.41) is 0. The van der Waals surface area contributed by atoms with Crippen molar-refractivity contribution in [2.75, 3.05) is 0 Å². The van der Waals surface area contributed by atoms with Gasteiger partial charge in [-0.3, -0.25) is 0 Å². The number of hydrogen-bond acceptors (Lipinski definition) is 2. The van der Waals surface area contributed by atoms with Crippen LogP contribution in [-0.4, -0.2) is 13.9 Å². The lowest BCUT2D eigenvalue weighted by atomic mass is 9.92. The molecular formula is C14H14O3S. The molecule has 0 bridgehead atoms. The summed E-state index contributed by atoms with van der Waals surface area (Å²) in [5.74, 6) is 0.130. The van der Waals surface area contributed by atoms with Crippen LogP contribution in [-0.2, 0) is 9.84 Å². The molecule has 2 N–H and O–H groups in total. The summed E-state index contributed by atoms with van der Waals surface area (Å²) in [6.07, 6.45) is 0.